The number of benzene rings is 1. The average Bonchev–Trinajstić information content (AvgIpc) is 3.14. The van der Waals surface area contributed by atoms with Crippen LogP contribution < -0.4 is 4.74 Å². The van der Waals surface area contributed by atoms with E-state index in [1.807, 2.05) is 42.4 Å². The van der Waals surface area contributed by atoms with E-state index in [2.05, 4.69) is 28.5 Å². The van der Waals surface area contributed by atoms with Crippen LogP contribution in [0.25, 0.3) is 0 Å². The van der Waals surface area contributed by atoms with Crippen LogP contribution in [0.5, 0.6) is 5.75 Å². The SMILES string of the molecule is COc1cc(C)ccc1C(=O)N1CCC[C@@H](c2nccn2CCN(C)C)C1. The van der Waals surface area contributed by atoms with Gasteiger partial charge in [-0.05, 0) is 51.6 Å². The second-order valence-electron chi connectivity index (χ2n) is 7.58. The lowest BCUT2D eigenvalue weighted by Gasteiger charge is -2.33. The minimum atomic E-state index is 0.0444. The molecule has 0 aliphatic carbocycles. The van der Waals surface area contributed by atoms with E-state index in [0.717, 1.165) is 43.9 Å². The molecule has 0 spiro atoms. The van der Waals surface area contributed by atoms with Crippen LogP contribution >= 0.6 is 0 Å². The molecular weight excluding hydrogens is 340 g/mol. The van der Waals surface area contributed by atoms with Crippen molar-refractivity contribution in [1.29, 1.82) is 0 Å². The summed E-state index contributed by atoms with van der Waals surface area (Å²) in [5.41, 5.74) is 1.72. The molecule has 0 N–H and O–H groups in total. The molecule has 2 aromatic rings. The highest BCUT2D eigenvalue weighted by Crippen LogP contribution is 2.29. The van der Waals surface area contributed by atoms with Crippen LogP contribution in [0.3, 0.4) is 0 Å². The highest BCUT2D eigenvalue weighted by atomic mass is 16.5. The summed E-state index contributed by atoms with van der Waals surface area (Å²) < 4.78 is 7.67. The Labute approximate surface area is 161 Å². The zero-order chi connectivity index (χ0) is 19.4. The molecule has 0 unspecified atom stereocenters. The van der Waals surface area contributed by atoms with Crippen LogP contribution in [0.4, 0.5) is 0 Å². The van der Waals surface area contributed by atoms with Gasteiger partial charge in [0.15, 0.2) is 0 Å². The fourth-order valence-corrected chi connectivity index (χ4v) is 3.70. The third kappa shape index (κ3) is 4.50. The number of nitrogens with zero attached hydrogens (tertiary/aromatic N) is 4. The first-order valence-corrected chi connectivity index (χ1v) is 9.59. The smallest absolute Gasteiger partial charge is 0.257 e. The Morgan fingerprint density at radius 3 is 2.93 bits per heavy atom. The summed E-state index contributed by atoms with van der Waals surface area (Å²) in [6, 6.07) is 5.76. The highest BCUT2D eigenvalue weighted by molar-refractivity contribution is 5.97. The number of ether oxygens (including phenoxy) is 1. The van der Waals surface area contributed by atoms with E-state index in [1.54, 1.807) is 7.11 Å². The lowest BCUT2D eigenvalue weighted by Crippen LogP contribution is -2.40. The molecule has 27 heavy (non-hydrogen) atoms. The van der Waals surface area contributed by atoms with Gasteiger partial charge in [0.2, 0.25) is 0 Å². The summed E-state index contributed by atoms with van der Waals surface area (Å²) in [6.45, 7) is 5.37. The number of methoxy groups -OCH3 is 1. The topological polar surface area (TPSA) is 50.6 Å². The molecule has 146 valence electrons. The predicted molar refractivity (Wildman–Crippen MR) is 106 cm³/mol. The third-order valence-electron chi connectivity index (χ3n) is 5.20. The molecule has 1 aliphatic rings. The Morgan fingerprint density at radius 1 is 1.37 bits per heavy atom. The molecule has 6 nitrogen and oxygen atoms in total. The Kier molecular flexibility index (Phi) is 6.16. The van der Waals surface area contributed by atoms with Gasteiger partial charge in [-0.15, -0.1) is 0 Å². The number of carbonyl (C=O) groups excluding carboxylic acids is 1. The summed E-state index contributed by atoms with van der Waals surface area (Å²) in [5.74, 6) is 2.05. The molecule has 1 fully saturated rings. The van der Waals surface area contributed by atoms with Gasteiger partial charge in [0.25, 0.3) is 5.91 Å². The zero-order valence-corrected chi connectivity index (χ0v) is 16.8. The number of aryl methyl sites for hydroxylation is 1. The number of aromatic nitrogens is 2. The van der Waals surface area contributed by atoms with Crippen LogP contribution in [-0.4, -0.2) is 66.1 Å². The molecule has 0 radical (unpaired) electrons. The molecule has 1 saturated heterocycles. The van der Waals surface area contributed by atoms with Gasteiger partial charge in [0.1, 0.15) is 11.6 Å². The van der Waals surface area contributed by atoms with Gasteiger partial charge >= 0.3 is 0 Å². The van der Waals surface area contributed by atoms with Gasteiger partial charge in [0, 0.05) is 44.5 Å². The minimum Gasteiger partial charge on any atom is -0.496 e. The Balaban J connectivity index is 1.75. The molecule has 0 saturated carbocycles. The monoisotopic (exact) mass is 370 g/mol. The van der Waals surface area contributed by atoms with E-state index in [4.69, 9.17) is 4.74 Å². The van der Waals surface area contributed by atoms with E-state index in [9.17, 15) is 4.79 Å². The maximum Gasteiger partial charge on any atom is 0.257 e. The number of likely N-dealkylation sites (tertiary alicyclic amines) is 1. The molecule has 6 heteroatoms. The fourth-order valence-electron chi connectivity index (χ4n) is 3.70. The zero-order valence-electron chi connectivity index (χ0n) is 16.8. The number of rotatable bonds is 6. The molecule has 1 atom stereocenters. The minimum absolute atomic E-state index is 0.0444. The Hall–Kier alpha value is -2.34. The van der Waals surface area contributed by atoms with E-state index < -0.39 is 0 Å². The first kappa shape index (κ1) is 19.4. The fraction of sp³-hybridized carbons (Fsp3) is 0.524. The molecule has 1 aromatic carbocycles. The van der Waals surface area contributed by atoms with Crippen molar-refractivity contribution in [3.63, 3.8) is 0 Å². The normalized spacial score (nSPS) is 17.4. The van der Waals surface area contributed by atoms with Crippen LogP contribution in [-0.2, 0) is 6.54 Å². The summed E-state index contributed by atoms with van der Waals surface area (Å²) in [6.07, 6.45) is 5.97. The Morgan fingerprint density at radius 2 is 2.19 bits per heavy atom. The maximum absolute atomic E-state index is 13.1. The van der Waals surface area contributed by atoms with Crippen molar-refractivity contribution in [2.24, 2.45) is 0 Å². The molecule has 3 rings (SSSR count). The highest BCUT2D eigenvalue weighted by Gasteiger charge is 2.29. The van der Waals surface area contributed by atoms with Crippen molar-refractivity contribution >= 4 is 5.91 Å². The van der Waals surface area contributed by atoms with E-state index in [1.165, 1.54) is 0 Å². The van der Waals surface area contributed by atoms with Gasteiger partial charge < -0.3 is 19.1 Å². The number of likely N-dealkylation sites (N-methyl/N-ethyl adjacent to an activating group) is 1. The van der Waals surface area contributed by atoms with Crippen molar-refractivity contribution in [2.75, 3.05) is 40.8 Å². The molecule has 1 aliphatic heterocycles. The lowest BCUT2D eigenvalue weighted by atomic mass is 9.96. The standard InChI is InChI=1S/C21H30N4O2/c1-16-7-8-18(19(14-16)27-4)21(26)25-10-5-6-17(15-25)20-22-9-11-24(20)13-12-23(2)3/h7-9,11,14,17H,5-6,10,12-13,15H2,1-4H3/t17-/m1/s1. The molecule has 1 aromatic heterocycles. The maximum atomic E-state index is 13.1. The first-order valence-electron chi connectivity index (χ1n) is 9.59. The number of amides is 1. The summed E-state index contributed by atoms with van der Waals surface area (Å²) in [7, 11) is 5.77. The molecule has 2 heterocycles. The number of imidazole rings is 1. The number of carbonyl (C=O) groups is 1. The van der Waals surface area contributed by atoms with Gasteiger partial charge in [-0.3, -0.25) is 4.79 Å². The lowest BCUT2D eigenvalue weighted by molar-refractivity contribution is 0.0700. The van der Waals surface area contributed by atoms with E-state index in [-0.39, 0.29) is 11.8 Å². The van der Waals surface area contributed by atoms with Crippen LogP contribution in [0.2, 0.25) is 0 Å². The first-order chi connectivity index (χ1) is 13.0. The average molecular weight is 370 g/mol. The largest absolute Gasteiger partial charge is 0.496 e. The molecule has 1 amide bonds. The summed E-state index contributed by atoms with van der Waals surface area (Å²) in [4.78, 5) is 21.9. The number of hydrogen-bond acceptors (Lipinski definition) is 4. The molecular formula is C21H30N4O2. The third-order valence-corrected chi connectivity index (χ3v) is 5.20. The molecule has 0 bridgehead atoms. The second-order valence-corrected chi connectivity index (χ2v) is 7.58. The summed E-state index contributed by atoms with van der Waals surface area (Å²) >= 11 is 0. The van der Waals surface area contributed by atoms with Crippen molar-refractivity contribution < 1.29 is 9.53 Å². The van der Waals surface area contributed by atoms with Crippen molar-refractivity contribution in [3.05, 3.63) is 47.5 Å². The Bertz CT molecular complexity index is 784. The van der Waals surface area contributed by atoms with Gasteiger partial charge in [-0.1, -0.05) is 6.07 Å². The second kappa shape index (κ2) is 8.57. The number of piperidine rings is 1. The van der Waals surface area contributed by atoms with Gasteiger partial charge in [0.05, 0.1) is 12.7 Å². The van der Waals surface area contributed by atoms with E-state index >= 15 is 0 Å². The van der Waals surface area contributed by atoms with Crippen LogP contribution in [0.15, 0.2) is 30.6 Å². The van der Waals surface area contributed by atoms with Crippen LogP contribution in [0, 0.1) is 6.92 Å². The number of hydrogen-bond donors (Lipinski definition) is 0. The van der Waals surface area contributed by atoms with Gasteiger partial charge in [-0.2, -0.15) is 0 Å². The van der Waals surface area contributed by atoms with Crippen molar-refractivity contribution in [2.45, 2.75) is 32.2 Å². The van der Waals surface area contributed by atoms with E-state index in [0.29, 0.717) is 17.9 Å². The van der Waals surface area contributed by atoms with Crippen molar-refractivity contribution in [3.8, 4) is 5.75 Å². The van der Waals surface area contributed by atoms with Gasteiger partial charge in [-0.25, -0.2) is 4.98 Å². The quantitative estimate of drug-likeness (QED) is 0.785. The van der Waals surface area contributed by atoms with Crippen molar-refractivity contribution in [1.82, 2.24) is 19.4 Å². The predicted octanol–water partition coefficient (Wildman–Crippen LogP) is 2.78. The summed E-state index contributed by atoms with van der Waals surface area (Å²) in [5, 5.41) is 0. The van der Waals surface area contributed by atoms with Crippen LogP contribution in [0.1, 0.15) is 40.5 Å².